The van der Waals surface area contributed by atoms with Gasteiger partial charge in [-0.3, -0.25) is 9.78 Å². The van der Waals surface area contributed by atoms with Crippen molar-refractivity contribution in [3.8, 4) is 11.4 Å². The Labute approximate surface area is 182 Å². The summed E-state index contributed by atoms with van der Waals surface area (Å²) in [7, 11) is 0. The summed E-state index contributed by atoms with van der Waals surface area (Å²) >= 11 is 5.97. The molecular formula is C20H22ClFN6O3. The molecule has 0 radical (unpaired) electrons. The van der Waals surface area contributed by atoms with Crippen molar-refractivity contribution in [1.82, 2.24) is 24.9 Å². The summed E-state index contributed by atoms with van der Waals surface area (Å²) in [5.41, 5.74) is 0.952. The highest BCUT2D eigenvalue weighted by Crippen LogP contribution is 2.26. The summed E-state index contributed by atoms with van der Waals surface area (Å²) in [6.45, 7) is 3.40. The molecule has 0 aromatic carbocycles. The molecule has 1 aliphatic rings. The van der Waals surface area contributed by atoms with Gasteiger partial charge in [-0.1, -0.05) is 11.6 Å². The molecule has 0 spiro atoms. The van der Waals surface area contributed by atoms with Gasteiger partial charge in [-0.25, -0.2) is 13.9 Å². The van der Waals surface area contributed by atoms with E-state index in [1.54, 1.807) is 22.8 Å². The van der Waals surface area contributed by atoms with Crippen LogP contribution in [0.15, 0.2) is 30.7 Å². The van der Waals surface area contributed by atoms with Crippen molar-refractivity contribution in [2.24, 2.45) is 0 Å². The van der Waals surface area contributed by atoms with Gasteiger partial charge in [0.05, 0.1) is 65.8 Å². The normalized spacial score (nSPS) is 15.5. The molecule has 1 saturated heterocycles. The molecule has 3 aromatic heterocycles. The minimum absolute atomic E-state index is 0.0474. The van der Waals surface area contributed by atoms with E-state index in [9.17, 15) is 14.3 Å². The van der Waals surface area contributed by atoms with Crippen molar-refractivity contribution in [3.63, 3.8) is 0 Å². The largest absolute Gasteiger partial charge is 0.387 e. The number of nitrogens with one attached hydrogen (secondary N) is 2. The van der Waals surface area contributed by atoms with Crippen molar-refractivity contribution in [1.29, 1.82) is 0 Å². The van der Waals surface area contributed by atoms with Crippen LogP contribution in [0, 0.1) is 0 Å². The highest BCUT2D eigenvalue weighted by molar-refractivity contribution is 6.30. The molecule has 3 N–H and O–H groups in total. The highest BCUT2D eigenvalue weighted by Gasteiger charge is 2.28. The fourth-order valence-electron chi connectivity index (χ4n) is 2.99. The lowest BCUT2D eigenvalue weighted by Gasteiger charge is -2.29. The molecule has 1 unspecified atom stereocenters. The Kier molecular flexibility index (Phi) is 5.78. The average molecular weight is 449 g/mol. The van der Waals surface area contributed by atoms with E-state index >= 15 is 0 Å². The fourth-order valence-corrected chi connectivity index (χ4v) is 3.13. The number of imidazole rings is 1. The van der Waals surface area contributed by atoms with Crippen LogP contribution in [0.4, 0.5) is 10.1 Å². The zero-order valence-corrected chi connectivity index (χ0v) is 17.7. The molecule has 4 heterocycles. The Morgan fingerprint density at radius 1 is 1.35 bits per heavy atom. The number of pyridine rings is 1. The maximum absolute atomic E-state index is 14.0. The number of aliphatic hydroxyl groups is 1. The summed E-state index contributed by atoms with van der Waals surface area (Å²) in [5.74, 6) is -0.503. The molecule has 1 fully saturated rings. The summed E-state index contributed by atoms with van der Waals surface area (Å²) in [5, 5.41) is 20.2. The van der Waals surface area contributed by atoms with E-state index in [1.807, 2.05) is 0 Å². The summed E-state index contributed by atoms with van der Waals surface area (Å²) in [6, 6.07) is 3.45. The first-order valence-corrected chi connectivity index (χ1v) is 10.1. The monoisotopic (exact) mass is 448 g/mol. The van der Waals surface area contributed by atoms with Crippen molar-refractivity contribution >= 4 is 28.8 Å². The average Bonchev–Trinajstić information content (AvgIpc) is 3.10. The molecule has 0 aliphatic carbocycles. The molecule has 0 bridgehead atoms. The van der Waals surface area contributed by atoms with Gasteiger partial charge in [0.25, 0.3) is 5.91 Å². The molecule has 1 aliphatic heterocycles. The van der Waals surface area contributed by atoms with E-state index in [1.165, 1.54) is 26.2 Å². The minimum Gasteiger partial charge on any atom is -0.387 e. The lowest BCUT2D eigenvalue weighted by Crippen LogP contribution is -2.43. The van der Waals surface area contributed by atoms with E-state index < -0.39 is 17.7 Å². The van der Waals surface area contributed by atoms with E-state index in [0.717, 1.165) is 0 Å². The molecule has 4 rings (SSSR count). The molecule has 164 valence electrons. The van der Waals surface area contributed by atoms with E-state index in [0.29, 0.717) is 41.0 Å². The van der Waals surface area contributed by atoms with E-state index in [2.05, 4.69) is 25.7 Å². The number of fused-ring (bicyclic) bond motifs is 1. The molecule has 11 heteroatoms. The third kappa shape index (κ3) is 4.60. The van der Waals surface area contributed by atoms with Gasteiger partial charge in [0, 0.05) is 12.3 Å². The Morgan fingerprint density at radius 3 is 2.81 bits per heavy atom. The highest BCUT2D eigenvalue weighted by atomic mass is 35.5. The summed E-state index contributed by atoms with van der Waals surface area (Å²) in [6.07, 6.45) is 2.92. The van der Waals surface area contributed by atoms with Gasteiger partial charge in [0.15, 0.2) is 5.65 Å². The van der Waals surface area contributed by atoms with Gasteiger partial charge in [-0.15, -0.1) is 0 Å². The van der Waals surface area contributed by atoms with Crippen molar-refractivity contribution in [3.05, 3.63) is 41.3 Å². The van der Waals surface area contributed by atoms with Crippen LogP contribution in [0.25, 0.3) is 17.0 Å². The zero-order valence-electron chi connectivity index (χ0n) is 17.0. The van der Waals surface area contributed by atoms with Crippen LogP contribution in [-0.2, 0) is 4.74 Å². The zero-order chi connectivity index (χ0) is 22.2. The number of carbonyl (C=O) groups is 1. The lowest BCUT2D eigenvalue weighted by atomic mass is 10.0. The molecule has 0 saturated carbocycles. The van der Waals surface area contributed by atoms with Gasteiger partial charge in [0.2, 0.25) is 0 Å². The number of hydrogen-bond acceptors (Lipinski definition) is 7. The second kappa shape index (κ2) is 8.37. The number of alkyl halides is 1. The molecular weight excluding hydrogens is 427 g/mol. The minimum atomic E-state index is -1.61. The van der Waals surface area contributed by atoms with Crippen LogP contribution < -0.4 is 10.6 Å². The maximum atomic E-state index is 14.0. The lowest BCUT2D eigenvalue weighted by molar-refractivity contribution is -0.00178. The van der Waals surface area contributed by atoms with Crippen LogP contribution in [0.5, 0.6) is 0 Å². The van der Waals surface area contributed by atoms with Gasteiger partial charge < -0.3 is 20.5 Å². The molecule has 31 heavy (non-hydrogen) atoms. The van der Waals surface area contributed by atoms with Crippen LogP contribution in [-0.4, -0.2) is 68.2 Å². The predicted octanol–water partition coefficient (Wildman–Crippen LogP) is 2.09. The number of amides is 1. The number of anilines is 1. The van der Waals surface area contributed by atoms with Gasteiger partial charge >= 0.3 is 0 Å². The van der Waals surface area contributed by atoms with Crippen LogP contribution in [0.3, 0.4) is 0 Å². The van der Waals surface area contributed by atoms with E-state index in [-0.39, 0.29) is 18.2 Å². The molecule has 1 atom stereocenters. The van der Waals surface area contributed by atoms with Crippen LogP contribution >= 0.6 is 11.6 Å². The van der Waals surface area contributed by atoms with Gasteiger partial charge in [-0.05, 0) is 19.9 Å². The van der Waals surface area contributed by atoms with Gasteiger partial charge in [-0.2, -0.15) is 5.10 Å². The number of nitrogens with zero attached hydrogens (tertiary/aromatic N) is 4. The quantitative estimate of drug-likeness (QED) is 0.507. The Balaban J connectivity index is 1.63. The topological polar surface area (TPSA) is 114 Å². The number of hydrogen-bond donors (Lipinski definition) is 3. The Hall–Kier alpha value is -2.82. The van der Waals surface area contributed by atoms with Crippen LogP contribution in [0.2, 0.25) is 5.02 Å². The summed E-state index contributed by atoms with van der Waals surface area (Å²) < 4.78 is 20.8. The number of ether oxygens (including phenoxy) is 1. The molecule has 3 aromatic rings. The second-order valence-corrected chi connectivity index (χ2v) is 8.35. The van der Waals surface area contributed by atoms with Crippen molar-refractivity contribution < 1.29 is 19.0 Å². The Morgan fingerprint density at radius 2 is 2.13 bits per heavy atom. The first-order chi connectivity index (χ1) is 14.7. The van der Waals surface area contributed by atoms with E-state index in [4.69, 9.17) is 16.3 Å². The smallest absolute Gasteiger partial charge is 0.255 e. The van der Waals surface area contributed by atoms with Crippen LogP contribution in [0.1, 0.15) is 24.2 Å². The summed E-state index contributed by atoms with van der Waals surface area (Å²) in [4.78, 5) is 21.4. The molecule has 9 nitrogen and oxygen atoms in total. The standard InChI is InChI=1S/C20H22ClFN6O3/c1-20(2,30)17(22)8-25-19(29)13-6-23-15(4-14(13)27-12-9-31-10-12)16-7-24-18-3-11(21)5-26-28(16)18/h3-7,12,17,30H,8-10H2,1-2H3,(H,23,27)(H,25,29). The number of carbonyl (C=O) groups excluding carboxylic acids is 1. The third-order valence-electron chi connectivity index (χ3n) is 4.94. The number of halogens is 2. The van der Waals surface area contributed by atoms with Crippen molar-refractivity contribution in [2.45, 2.75) is 31.7 Å². The SMILES string of the molecule is CC(C)(O)C(F)CNC(=O)c1cnc(-c2cnc3cc(Cl)cnn23)cc1NC1COC1. The Bertz CT molecular complexity index is 1110. The first-order valence-electron chi connectivity index (χ1n) is 9.71. The number of aromatic nitrogens is 4. The maximum Gasteiger partial charge on any atom is 0.255 e. The third-order valence-corrected chi connectivity index (χ3v) is 5.15. The van der Waals surface area contributed by atoms with Gasteiger partial charge in [0.1, 0.15) is 11.9 Å². The van der Waals surface area contributed by atoms with Crippen molar-refractivity contribution in [2.75, 3.05) is 25.1 Å². The number of rotatable bonds is 7. The first kappa shape index (κ1) is 21.4. The fraction of sp³-hybridized carbons (Fsp3) is 0.400. The second-order valence-electron chi connectivity index (χ2n) is 7.91. The molecule has 1 amide bonds. The predicted molar refractivity (Wildman–Crippen MR) is 113 cm³/mol.